The number of benzene rings is 2. The number of halogens is 2. The number of fused-ring (bicyclic) bond motifs is 1. The van der Waals surface area contributed by atoms with Crippen LogP contribution in [0, 0.1) is 18.6 Å². The lowest BCUT2D eigenvalue weighted by Crippen LogP contribution is -2.26. The third-order valence-corrected chi connectivity index (χ3v) is 4.16. The molecule has 0 fully saturated rings. The lowest BCUT2D eigenvalue weighted by Gasteiger charge is -2.09. The summed E-state index contributed by atoms with van der Waals surface area (Å²) in [6.45, 7) is 1.92. The van der Waals surface area contributed by atoms with E-state index in [0.29, 0.717) is 27.8 Å². The van der Waals surface area contributed by atoms with Crippen molar-refractivity contribution in [3.63, 3.8) is 0 Å². The number of rotatable bonds is 3. The Morgan fingerprint density at radius 2 is 1.81 bits per heavy atom. The van der Waals surface area contributed by atoms with Crippen LogP contribution in [-0.4, -0.2) is 19.6 Å². The first-order valence-corrected chi connectivity index (χ1v) is 7.99. The van der Waals surface area contributed by atoms with E-state index in [1.54, 1.807) is 37.4 Å². The zero-order chi connectivity index (χ0) is 18.3. The Morgan fingerprint density at radius 3 is 2.54 bits per heavy atom. The molecule has 2 aromatic heterocycles. The second-order valence-corrected chi connectivity index (χ2v) is 5.97. The first kappa shape index (κ1) is 16.1. The molecule has 0 spiro atoms. The Hall–Kier alpha value is -3.35. The van der Waals surface area contributed by atoms with Gasteiger partial charge in [-0.1, -0.05) is 12.1 Å². The van der Waals surface area contributed by atoms with Crippen molar-refractivity contribution < 1.29 is 8.78 Å². The van der Waals surface area contributed by atoms with E-state index in [1.165, 1.54) is 33.6 Å². The zero-order valence-electron chi connectivity index (χ0n) is 13.9. The van der Waals surface area contributed by atoms with E-state index >= 15 is 0 Å². The molecule has 0 radical (unpaired) electrons. The molecule has 4 rings (SSSR count). The van der Waals surface area contributed by atoms with Gasteiger partial charge in [0.15, 0.2) is 0 Å². The molecule has 130 valence electrons. The van der Waals surface area contributed by atoms with Crippen molar-refractivity contribution in [3.05, 3.63) is 88.0 Å². The summed E-state index contributed by atoms with van der Waals surface area (Å²) in [6, 6.07) is 11.7. The van der Waals surface area contributed by atoms with Crippen molar-refractivity contribution in [2.24, 2.45) is 0 Å². The molecule has 5 nitrogen and oxygen atoms in total. The van der Waals surface area contributed by atoms with Crippen molar-refractivity contribution >= 4 is 10.9 Å². The Kier molecular flexibility index (Phi) is 3.84. The van der Waals surface area contributed by atoms with Crippen molar-refractivity contribution in [1.82, 2.24) is 19.6 Å². The highest BCUT2D eigenvalue weighted by atomic mass is 19.1. The van der Waals surface area contributed by atoms with Gasteiger partial charge in [-0.25, -0.2) is 18.1 Å². The molecule has 0 aliphatic carbocycles. The van der Waals surface area contributed by atoms with Gasteiger partial charge < -0.3 is 0 Å². The van der Waals surface area contributed by atoms with Gasteiger partial charge in [0.25, 0.3) is 5.56 Å². The van der Waals surface area contributed by atoms with E-state index in [9.17, 15) is 13.6 Å². The van der Waals surface area contributed by atoms with Crippen molar-refractivity contribution in [2.75, 3.05) is 0 Å². The van der Waals surface area contributed by atoms with Crippen molar-refractivity contribution in [2.45, 2.75) is 13.5 Å². The first-order valence-electron chi connectivity index (χ1n) is 7.99. The SMILES string of the molecule is Cc1nn(Cc2cccc(F)c2)c(=O)c2c1cnn2-c1ccc(F)cc1. The van der Waals surface area contributed by atoms with Crippen LogP contribution >= 0.6 is 0 Å². The lowest BCUT2D eigenvalue weighted by atomic mass is 10.2. The monoisotopic (exact) mass is 352 g/mol. The van der Waals surface area contributed by atoms with E-state index < -0.39 is 0 Å². The van der Waals surface area contributed by atoms with Crippen LogP contribution in [0.1, 0.15) is 11.3 Å². The van der Waals surface area contributed by atoms with Gasteiger partial charge in [0.05, 0.1) is 24.1 Å². The molecule has 0 bridgehead atoms. The number of aryl methyl sites for hydroxylation is 1. The van der Waals surface area contributed by atoms with Gasteiger partial charge in [-0.15, -0.1) is 0 Å². The fourth-order valence-electron chi connectivity index (χ4n) is 2.92. The average molecular weight is 352 g/mol. The smallest absolute Gasteiger partial charge is 0.265 e. The maximum absolute atomic E-state index is 13.4. The summed E-state index contributed by atoms with van der Waals surface area (Å²) < 4.78 is 29.4. The number of hydrogen-bond donors (Lipinski definition) is 0. The van der Waals surface area contributed by atoms with Crippen LogP contribution in [0.15, 0.2) is 59.5 Å². The second kappa shape index (κ2) is 6.18. The molecule has 0 saturated carbocycles. The number of aromatic nitrogens is 4. The summed E-state index contributed by atoms with van der Waals surface area (Å²) in [5, 5.41) is 9.20. The Labute approximate surface area is 147 Å². The molecule has 0 atom stereocenters. The van der Waals surface area contributed by atoms with Crippen LogP contribution in [0.5, 0.6) is 0 Å². The average Bonchev–Trinajstić information content (AvgIpc) is 3.06. The molecule has 7 heteroatoms. The summed E-state index contributed by atoms with van der Waals surface area (Å²) in [5.74, 6) is -0.740. The molecule has 2 aromatic carbocycles. The normalized spacial score (nSPS) is 11.2. The van der Waals surface area contributed by atoms with E-state index in [2.05, 4.69) is 10.2 Å². The molecular formula is C19H14F2N4O. The van der Waals surface area contributed by atoms with Gasteiger partial charge in [-0.05, 0) is 48.9 Å². The quantitative estimate of drug-likeness (QED) is 0.569. The third-order valence-electron chi connectivity index (χ3n) is 4.16. The topological polar surface area (TPSA) is 52.7 Å². The molecule has 4 aromatic rings. The highest BCUT2D eigenvalue weighted by Crippen LogP contribution is 2.18. The van der Waals surface area contributed by atoms with Gasteiger partial charge in [0, 0.05) is 5.39 Å². The summed E-state index contributed by atoms with van der Waals surface area (Å²) in [7, 11) is 0. The standard InChI is InChI=1S/C19H14F2N4O/c1-12-17-10-22-25(16-7-5-14(20)6-8-16)18(17)19(26)24(23-12)11-13-3-2-4-15(21)9-13/h2-10H,11H2,1H3. The van der Waals surface area contributed by atoms with Gasteiger partial charge in [0.2, 0.25) is 0 Å². The molecule has 0 aliphatic rings. The van der Waals surface area contributed by atoms with E-state index in [0.717, 1.165) is 0 Å². The molecule has 0 amide bonds. The largest absolute Gasteiger partial charge is 0.293 e. The fourth-order valence-corrected chi connectivity index (χ4v) is 2.92. The van der Waals surface area contributed by atoms with Crippen LogP contribution in [0.25, 0.3) is 16.6 Å². The maximum atomic E-state index is 13.4. The Balaban J connectivity index is 1.88. The number of nitrogens with zero attached hydrogens (tertiary/aromatic N) is 4. The summed E-state index contributed by atoms with van der Waals surface area (Å²) in [4.78, 5) is 13.0. The molecule has 0 saturated heterocycles. The van der Waals surface area contributed by atoms with Crippen LogP contribution < -0.4 is 5.56 Å². The molecule has 26 heavy (non-hydrogen) atoms. The zero-order valence-corrected chi connectivity index (χ0v) is 13.9. The highest BCUT2D eigenvalue weighted by Gasteiger charge is 2.15. The molecular weight excluding hydrogens is 338 g/mol. The highest BCUT2D eigenvalue weighted by molar-refractivity contribution is 5.81. The summed E-state index contributed by atoms with van der Waals surface area (Å²) in [6.07, 6.45) is 1.56. The third kappa shape index (κ3) is 2.77. The van der Waals surface area contributed by atoms with Crippen molar-refractivity contribution in [1.29, 1.82) is 0 Å². The Morgan fingerprint density at radius 1 is 1.04 bits per heavy atom. The van der Waals surface area contributed by atoms with Gasteiger partial charge >= 0.3 is 0 Å². The lowest BCUT2D eigenvalue weighted by molar-refractivity contribution is 0.609. The Bertz CT molecular complexity index is 1160. The van der Waals surface area contributed by atoms with Gasteiger partial charge in [-0.3, -0.25) is 4.79 Å². The fraction of sp³-hybridized carbons (Fsp3) is 0.105. The van der Waals surface area contributed by atoms with Gasteiger partial charge in [0.1, 0.15) is 17.2 Å². The van der Waals surface area contributed by atoms with Crippen molar-refractivity contribution in [3.8, 4) is 5.69 Å². The predicted octanol–water partition coefficient (Wildman–Crippen LogP) is 3.22. The van der Waals surface area contributed by atoms with Crippen LogP contribution in [0.4, 0.5) is 8.78 Å². The molecule has 2 heterocycles. The minimum atomic E-state index is -0.371. The van der Waals surface area contributed by atoms with E-state index in [1.807, 2.05) is 0 Å². The predicted molar refractivity (Wildman–Crippen MR) is 93.3 cm³/mol. The van der Waals surface area contributed by atoms with Gasteiger partial charge in [-0.2, -0.15) is 10.2 Å². The maximum Gasteiger partial charge on any atom is 0.293 e. The van der Waals surface area contributed by atoms with Crippen LogP contribution in [0.3, 0.4) is 0 Å². The minimum Gasteiger partial charge on any atom is -0.265 e. The summed E-state index contributed by atoms with van der Waals surface area (Å²) in [5.41, 5.74) is 1.83. The van der Waals surface area contributed by atoms with E-state index in [4.69, 9.17) is 0 Å². The first-order chi connectivity index (χ1) is 12.5. The van der Waals surface area contributed by atoms with Crippen LogP contribution in [0.2, 0.25) is 0 Å². The molecule has 0 aliphatic heterocycles. The molecule has 0 unspecified atom stereocenters. The number of hydrogen-bond acceptors (Lipinski definition) is 3. The molecule has 0 N–H and O–H groups in total. The second-order valence-electron chi connectivity index (χ2n) is 5.97. The van der Waals surface area contributed by atoms with Crippen LogP contribution in [-0.2, 0) is 6.54 Å². The van der Waals surface area contributed by atoms with E-state index in [-0.39, 0.29) is 23.7 Å². The minimum absolute atomic E-state index is 0.141. The summed E-state index contributed by atoms with van der Waals surface area (Å²) >= 11 is 0.